The number of hydrogen-bond acceptors (Lipinski definition) is 5. The van der Waals surface area contributed by atoms with Crippen molar-refractivity contribution in [3.8, 4) is 0 Å². The van der Waals surface area contributed by atoms with E-state index in [-0.39, 0.29) is 0 Å². The largest absolute Gasteiger partial charge is 0.253 e. The predicted octanol–water partition coefficient (Wildman–Crippen LogP) is 1.17. The van der Waals surface area contributed by atoms with E-state index in [1.807, 2.05) is 12.1 Å². The molecule has 0 aliphatic rings. The Balaban J connectivity index is 2.65. The fourth-order valence-corrected chi connectivity index (χ4v) is 1.28. The van der Waals surface area contributed by atoms with Gasteiger partial charge in [-0.15, -0.1) is 0 Å². The van der Waals surface area contributed by atoms with E-state index >= 15 is 0 Å². The Morgan fingerprint density at radius 1 is 0.846 bits per heavy atom. The van der Waals surface area contributed by atoms with Crippen molar-refractivity contribution in [1.29, 1.82) is 0 Å². The van der Waals surface area contributed by atoms with E-state index in [2.05, 4.69) is 24.9 Å². The van der Waals surface area contributed by atoms with Crippen molar-refractivity contribution < 1.29 is 4.63 Å². The van der Waals surface area contributed by atoms with Gasteiger partial charge in [0.15, 0.2) is 5.52 Å². The molecule has 62 valence electrons. The zero-order chi connectivity index (χ0) is 8.67. The second-order valence-corrected chi connectivity index (χ2v) is 2.62. The summed E-state index contributed by atoms with van der Waals surface area (Å²) in [4.78, 5) is 8.30. The molecule has 0 fully saturated rings. The molecule has 13 heavy (non-hydrogen) atoms. The summed E-state index contributed by atoms with van der Waals surface area (Å²) >= 11 is 0. The zero-order valence-corrected chi connectivity index (χ0v) is 6.51. The van der Waals surface area contributed by atoms with Gasteiger partial charge in [0.25, 0.3) is 0 Å². The summed E-state index contributed by atoms with van der Waals surface area (Å²) in [6, 6.07) is 3.65. The SMILES string of the molecule is c1cnc2c(ccc3nonc32)n1. The normalized spacial score (nSPS) is 11.1. The number of fused-ring (bicyclic) bond motifs is 3. The molecule has 0 unspecified atom stereocenters. The first-order valence-electron chi connectivity index (χ1n) is 3.77. The summed E-state index contributed by atoms with van der Waals surface area (Å²) in [6.07, 6.45) is 3.26. The number of nitrogens with zero attached hydrogens (tertiary/aromatic N) is 4. The smallest absolute Gasteiger partial charge is 0.163 e. The van der Waals surface area contributed by atoms with Crippen molar-refractivity contribution in [3.63, 3.8) is 0 Å². The van der Waals surface area contributed by atoms with Crippen LogP contribution in [0.2, 0.25) is 0 Å². The highest BCUT2D eigenvalue weighted by atomic mass is 16.6. The molecule has 0 radical (unpaired) electrons. The lowest BCUT2D eigenvalue weighted by Gasteiger charge is -1.92. The maximum Gasteiger partial charge on any atom is 0.163 e. The summed E-state index contributed by atoms with van der Waals surface area (Å²) < 4.78 is 4.61. The third-order valence-corrected chi connectivity index (χ3v) is 1.86. The molecule has 5 nitrogen and oxygen atoms in total. The predicted molar refractivity (Wildman–Crippen MR) is 44.9 cm³/mol. The molecule has 3 aromatic rings. The fourth-order valence-electron chi connectivity index (χ4n) is 1.28. The molecule has 3 rings (SSSR count). The van der Waals surface area contributed by atoms with Crippen LogP contribution in [0.25, 0.3) is 22.1 Å². The van der Waals surface area contributed by atoms with Gasteiger partial charge >= 0.3 is 0 Å². The van der Waals surface area contributed by atoms with Crippen molar-refractivity contribution in [2.45, 2.75) is 0 Å². The second-order valence-electron chi connectivity index (χ2n) is 2.62. The molecule has 0 saturated carbocycles. The Morgan fingerprint density at radius 3 is 2.69 bits per heavy atom. The minimum absolute atomic E-state index is 0.658. The first kappa shape index (κ1) is 6.47. The molecule has 0 spiro atoms. The third kappa shape index (κ3) is 0.807. The molecule has 1 aromatic carbocycles. The highest BCUT2D eigenvalue weighted by molar-refractivity contribution is 5.98. The summed E-state index contributed by atoms with van der Waals surface area (Å²) in [5, 5.41) is 7.47. The maximum absolute atomic E-state index is 4.61. The van der Waals surface area contributed by atoms with Crippen LogP contribution < -0.4 is 0 Å². The van der Waals surface area contributed by atoms with Crippen LogP contribution in [-0.4, -0.2) is 20.3 Å². The Morgan fingerprint density at radius 2 is 1.69 bits per heavy atom. The molecule has 0 N–H and O–H groups in total. The Hall–Kier alpha value is -2.04. The van der Waals surface area contributed by atoms with Gasteiger partial charge in [0, 0.05) is 12.4 Å². The molecule has 0 aliphatic carbocycles. The Kier molecular flexibility index (Phi) is 1.11. The van der Waals surface area contributed by atoms with Gasteiger partial charge in [0.2, 0.25) is 0 Å². The topological polar surface area (TPSA) is 64.7 Å². The molecule has 0 bridgehead atoms. The van der Waals surface area contributed by atoms with Crippen LogP contribution in [0, 0.1) is 0 Å². The molecule has 5 heteroatoms. The molecule has 0 aliphatic heterocycles. The summed E-state index contributed by atoms with van der Waals surface area (Å²) in [6.45, 7) is 0. The van der Waals surface area contributed by atoms with Crippen molar-refractivity contribution in [2.24, 2.45) is 0 Å². The highest BCUT2D eigenvalue weighted by Gasteiger charge is 2.05. The Bertz CT molecular complexity index is 574. The first-order chi connectivity index (χ1) is 6.45. The molecule has 2 aromatic heterocycles. The van der Waals surface area contributed by atoms with Crippen molar-refractivity contribution >= 4 is 22.1 Å². The van der Waals surface area contributed by atoms with E-state index in [1.54, 1.807) is 12.4 Å². The van der Waals surface area contributed by atoms with Crippen molar-refractivity contribution in [2.75, 3.05) is 0 Å². The summed E-state index contributed by atoms with van der Waals surface area (Å²) in [5.41, 5.74) is 2.88. The molecule has 0 amide bonds. The van der Waals surface area contributed by atoms with E-state index in [0.29, 0.717) is 11.0 Å². The lowest BCUT2D eigenvalue weighted by molar-refractivity contribution is 0.315. The van der Waals surface area contributed by atoms with Gasteiger partial charge in [-0.2, -0.15) is 0 Å². The monoisotopic (exact) mass is 172 g/mol. The van der Waals surface area contributed by atoms with E-state index in [0.717, 1.165) is 11.0 Å². The van der Waals surface area contributed by atoms with Crippen molar-refractivity contribution in [1.82, 2.24) is 20.3 Å². The lowest BCUT2D eigenvalue weighted by Crippen LogP contribution is -1.82. The van der Waals surface area contributed by atoms with Crippen LogP contribution in [0.1, 0.15) is 0 Å². The summed E-state index contributed by atoms with van der Waals surface area (Å²) in [5.74, 6) is 0. The first-order valence-corrected chi connectivity index (χ1v) is 3.77. The zero-order valence-electron chi connectivity index (χ0n) is 6.51. The van der Waals surface area contributed by atoms with Gasteiger partial charge in [-0.25, -0.2) is 4.63 Å². The third-order valence-electron chi connectivity index (χ3n) is 1.86. The fraction of sp³-hybridized carbons (Fsp3) is 0. The standard InChI is InChI=1S/C8H4N4O/c1-2-6-8(12-13-11-6)7-5(1)9-3-4-10-7/h1-4H. The Labute approximate surface area is 72.4 Å². The van der Waals surface area contributed by atoms with E-state index in [1.165, 1.54) is 0 Å². The molecule has 0 atom stereocenters. The van der Waals surface area contributed by atoms with Crippen LogP contribution in [0.15, 0.2) is 29.2 Å². The molecular weight excluding hydrogens is 168 g/mol. The number of benzene rings is 1. The second kappa shape index (κ2) is 2.22. The average Bonchev–Trinajstić information content (AvgIpc) is 2.65. The van der Waals surface area contributed by atoms with Crippen LogP contribution in [0.3, 0.4) is 0 Å². The minimum atomic E-state index is 0.658. The minimum Gasteiger partial charge on any atom is -0.253 e. The van der Waals surface area contributed by atoms with Crippen LogP contribution in [-0.2, 0) is 0 Å². The van der Waals surface area contributed by atoms with Crippen LogP contribution >= 0.6 is 0 Å². The van der Waals surface area contributed by atoms with Crippen LogP contribution in [0.5, 0.6) is 0 Å². The van der Waals surface area contributed by atoms with Gasteiger partial charge in [0.1, 0.15) is 11.0 Å². The van der Waals surface area contributed by atoms with Crippen molar-refractivity contribution in [3.05, 3.63) is 24.5 Å². The number of hydrogen-bond donors (Lipinski definition) is 0. The summed E-state index contributed by atoms with van der Waals surface area (Å²) in [7, 11) is 0. The van der Waals surface area contributed by atoms with Gasteiger partial charge < -0.3 is 0 Å². The number of rotatable bonds is 0. The molecule has 0 saturated heterocycles. The lowest BCUT2D eigenvalue weighted by atomic mass is 10.2. The quantitative estimate of drug-likeness (QED) is 0.509. The van der Waals surface area contributed by atoms with Gasteiger partial charge in [-0.3, -0.25) is 9.97 Å². The van der Waals surface area contributed by atoms with E-state index in [4.69, 9.17) is 0 Å². The van der Waals surface area contributed by atoms with E-state index in [9.17, 15) is 0 Å². The van der Waals surface area contributed by atoms with Gasteiger partial charge in [0.05, 0.1) is 5.52 Å². The molecular formula is C8H4N4O. The number of aromatic nitrogens is 4. The highest BCUT2D eigenvalue weighted by Crippen LogP contribution is 2.17. The molecule has 2 heterocycles. The van der Waals surface area contributed by atoms with Gasteiger partial charge in [-0.1, -0.05) is 0 Å². The van der Waals surface area contributed by atoms with Gasteiger partial charge in [-0.05, 0) is 22.4 Å². The average molecular weight is 172 g/mol. The maximum atomic E-state index is 4.61. The van der Waals surface area contributed by atoms with E-state index < -0.39 is 0 Å². The van der Waals surface area contributed by atoms with Crippen LogP contribution in [0.4, 0.5) is 0 Å².